The topological polar surface area (TPSA) is 77.0 Å². The van der Waals surface area contributed by atoms with Crippen LogP contribution in [0.5, 0.6) is 0 Å². The summed E-state index contributed by atoms with van der Waals surface area (Å²) in [7, 11) is 1.77. The van der Waals surface area contributed by atoms with E-state index in [1.165, 1.54) is 28.6 Å². The van der Waals surface area contributed by atoms with Crippen molar-refractivity contribution >= 4 is 17.7 Å². The third-order valence-corrected chi connectivity index (χ3v) is 5.11. The molecule has 1 amide bonds. The van der Waals surface area contributed by atoms with Gasteiger partial charge in [0.2, 0.25) is 11.1 Å². The van der Waals surface area contributed by atoms with E-state index in [0.29, 0.717) is 23.1 Å². The molecule has 2 N–H and O–H groups in total. The van der Waals surface area contributed by atoms with Crippen molar-refractivity contribution < 1.29 is 9.18 Å². The lowest BCUT2D eigenvalue weighted by Gasteiger charge is -2.18. The van der Waals surface area contributed by atoms with Crippen molar-refractivity contribution in [1.29, 1.82) is 0 Å². The van der Waals surface area contributed by atoms with Crippen molar-refractivity contribution in [2.24, 2.45) is 0 Å². The molecule has 0 unspecified atom stereocenters. The van der Waals surface area contributed by atoms with Gasteiger partial charge in [-0.3, -0.25) is 4.79 Å². The Hall–Kier alpha value is -2.87. The molecule has 3 rings (SSSR count). The summed E-state index contributed by atoms with van der Waals surface area (Å²) in [6.45, 7) is 2.57. The Labute approximate surface area is 161 Å². The smallest absolute Gasteiger partial charge is 0.233 e. The van der Waals surface area contributed by atoms with Crippen LogP contribution in [0.4, 0.5) is 4.39 Å². The summed E-state index contributed by atoms with van der Waals surface area (Å²) < 4.78 is 14.4. The van der Waals surface area contributed by atoms with E-state index >= 15 is 0 Å². The van der Waals surface area contributed by atoms with Crippen molar-refractivity contribution in [3.63, 3.8) is 0 Å². The quantitative estimate of drug-likeness (QED) is 0.522. The predicted octanol–water partition coefficient (Wildman–Crippen LogP) is 2.86. The van der Waals surface area contributed by atoms with Gasteiger partial charge in [0.1, 0.15) is 5.82 Å². The number of benzene rings is 2. The molecule has 0 aliphatic carbocycles. The Balaban J connectivity index is 1.62. The molecule has 8 heteroatoms. The summed E-state index contributed by atoms with van der Waals surface area (Å²) in [5, 5.41) is 8.49. The van der Waals surface area contributed by atoms with Gasteiger partial charge < -0.3 is 10.7 Å². The van der Waals surface area contributed by atoms with Crippen LogP contribution in [0.3, 0.4) is 0 Å². The van der Waals surface area contributed by atoms with Crippen molar-refractivity contribution in [3.05, 3.63) is 65.5 Å². The molecule has 140 valence electrons. The van der Waals surface area contributed by atoms with Crippen LogP contribution < -0.4 is 5.84 Å². The lowest BCUT2D eigenvalue weighted by atomic mass is 10.1. The van der Waals surface area contributed by atoms with Crippen LogP contribution in [0, 0.1) is 12.7 Å². The number of carbonyl (C=O) groups excluding carboxylic acids is 1. The van der Waals surface area contributed by atoms with Gasteiger partial charge in [0, 0.05) is 19.2 Å². The predicted molar refractivity (Wildman–Crippen MR) is 104 cm³/mol. The second-order valence-electron chi connectivity index (χ2n) is 6.15. The molecule has 0 fully saturated rings. The van der Waals surface area contributed by atoms with Gasteiger partial charge in [-0.2, -0.15) is 0 Å². The number of halogens is 1. The maximum Gasteiger partial charge on any atom is 0.233 e. The van der Waals surface area contributed by atoms with Crippen molar-refractivity contribution in [3.8, 4) is 11.4 Å². The molecule has 0 aliphatic rings. The van der Waals surface area contributed by atoms with Gasteiger partial charge in [0.15, 0.2) is 5.82 Å². The zero-order chi connectivity index (χ0) is 19.4. The highest BCUT2D eigenvalue weighted by Gasteiger charge is 2.16. The highest BCUT2D eigenvalue weighted by molar-refractivity contribution is 7.99. The maximum atomic E-state index is 13.1. The van der Waals surface area contributed by atoms with E-state index < -0.39 is 0 Å². The molecule has 1 heterocycles. The molecule has 1 aromatic heterocycles. The monoisotopic (exact) mass is 385 g/mol. The van der Waals surface area contributed by atoms with Gasteiger partial charge in [-0.25, -0.2) is 9.07 Å². The molecular formula is C19H20FN5OS. The summed E-state index contributed by atoms with van der Waals surface area (Å²) in [5.74, 6) is 6.27. The molecule has 0 bridgehead atoms. The van der Waals surface area contributed by atoms with Crippen LogP contribution in [0.25, 0.3) is 11.4 Å². The number of aromatic nitrogens is 3. The number of thioether (sulfide) groups is 1. The fraction of sp³-hybridized carbons (Fsp3) is 0.211. The average Bonchev–Trinajstić information content (AvgIpc) is 3.03. The number of nitrogens with zero attached hydrogens (tertiary/aromatic N) is 4. The third-order valence-electron chi connectivity index (χ3n) is 4.19. The van der Waals surface area contributed by atoms with Crippen LogP contribution in [-0.4, -0.2) is 38.5 Å². The summed E-state index contributed by atoms with van der Waals surface area (Å²) >= 11 is 1.22. The van der Waals surface area contributed by atoms with Gasteiger partial charge in [-0.15, -0.1) is 10.2 Å². The van der Waals surface area contributed by atoms with Crippen LogP contribution in [0.15, 0.2) is 53.7 Å². The Morgan fingerprint density at radius 2 is 1.89 bits per heavy atom. The zero-order valence-electron chi connectivity index (χ0n) is 15.1. The van der Waals surface area contributed by atoms with E-state index in [2.05, 4.69) is 10.2 Å². The van der Waals surface area contributed by atoms with Crippen LogP contribution in [-0.2, 0) is 11.3 Å². The number of nitrogen functional groups attached to an aromatic ring is 1. The van der Waals surface area contributed by atoms with E-state index in [0.717, 1.165) is 11.1 Å². The van der Waals surface area contributed by atoms with Gasteiger partial charge in [-0.1, -0.05) is 36.0 Å². The number of carbonyl (C=O) groups is 1. The minimum absolute atomic E-state index is 0.0328. The molecule has 0 saturated carbocycles. The summed E-state index contributed by atoms with van der Waals surface area (Å²) in [6.07, 6.45) is 0. The number of rotatable bonds is 6. The SMILES string of the molecule is Cc1ccccc1CN(C)C(=O)CSc1nnc(-c2ccc(F)cc2)n1N. The van der Waals surface area contributed by atoms with Gasteiger partial charge >= 0.3 is 0 Å². The second-order valence-corrected chi connectivity index (χ2v) is 7.09. The van der Waals surface area contributed by atoms with Crippen molar-refractivity contribution in [2.75, 3.05) is 18.6 Å². The molecule has 0 saturated heterocycles. The number of hydrogen-bond acceptors (Lipinski definition) is 5. The van der Waals surface area contributed by atoms with Gasteiger partial charge in [0.05, 0.1) is 5.75 Å². The number of aryl methyl sites for hydroxylation is 1. The Kier molecular flexibility index (Phi) is 5.75. The van der Waals surface area contributed by atoms with E-state index in [-0.39, 0.29) is 17.5 Å². The molecule has 27 heavy (non-hydrogen) atoms. The molecule has 6 nitrogen and oxygen atoms in total. The normalized spacial score (nSPS) is 10.8. The molecule has 0 spiro atoms. The maximum absolute atomic E-state index is 13.1. The summed E-state index contributed by atoms with van der Waals surface area (Å²) in [5.41, 5.74) is 2.91. The first-order valence-electron chi connectivity index (χ1n) is 8.33. The lowest BCUT2D eigenvalue weighted by Crippen LogP contribution is -2.28. The Morgan fingerprint density at radius 3 is 2.59 bits per heavy atom. The number of nitrogens with two attached hydrogens (primary N) is 1. The standard InChI is InChI=1S/C19H20FN5OS/c1-13-5-3-4-6-15(13)11-24(2)17(26)12-27-19-23-22-18(25(19)21)14-7-9-16(20)10-8-14/h3-10H,11-12,21H2,1-2H3. The molecule has 0 radical (unpaired) electrons. The highest BCUT2D eigenvalue weighted by atomic mass is 32.2. The van der Waals surface area contributed by atoms with Crippen LogP contribution >= 0.6 is 11.8 Å². The first-order valence-corrected chi connectivity index (χ1v) is 9.32. The first-order chi connectivity index (χ1) is 13.0. The fourth-order valence-electron chi connectivity index (χ4n) is 2.54. The minimum atomic E-state index is -0.335. The van der Waals surface area contributed by atoms with Crippen molar-refractivity contribution in [1.82, 2.24) is 19.8 Å². The summed E-state index contributed by atoms with van der Waals surface area (Å²) in [4.78, 5) is 14.1. The van der Waals surface area contributed by atoms with E-state index in [1.54, 1.807) is 24.1 Å². The Bertz CT molecular complexity index is 942. The van der Waals surface area contributed by atoms with Crippen LogP contribution in [0.1, 0.15) is 11.1 Å². The fourth-order valence-corrected chi connectivity index (χ4v) is 3.34. The summed E-state index contributed by atoms with van der Waals surface area (Å²) in [6, 6.07) is 13.8. The van der Waals surface area contributed by atoms with Gasteiger partial charge in [-0.05, 0) is 42.3 Å². The molecule has 2 aromatic carbocycles. The molecule has 0 aliphatic heterocycles. The zero-order valence-corrected chi connectivity index (χ0v) is 15.9. The van der Waals surface area contributed by atoms with E-state index in [4.69, 9.17) is 5.84 Å². The highest BCUT2D eigenvalue weighted by Crippen LogP contribution is 2.22. The molecule has 0 atom stereocenters. The largest absolute Gasteiger partial charge is 0.341 e. The molecular weight excluding hydrogens is 365 g/mol. The van der Waals surface area contributed by atoms with Gasteiger partial charge in [0.25, 0.3) is 0 Å². The van der Waals surface area contributed by atoms with E-state index in [9.17, 15) is 9.18 Å². The minimum Gasteiger partial charge on any atom is -0.341 e. The second kappa shape index (κ2) is 8.22. The third kappa shape index (κ3) is 4.46. The first kappa shape index (κ1) is 18.9. The average molecular weight is 385 g/mol. The number of amides is 1. The lowest BCUT2D eigenvalue weighted by molar-refractivity contribution is -0.127. The van der Waals surface area contributed by atoms with E-state index in [1.807, 2.05) is 31.2 Å². The Morgan fingerprint density at radius 1 is 1.19 bits per heavy atom. The molecule has 3 aromatic rings. The van der Waals surface area contributed by atoms with Crippen LogP contribution in [0.2, 0.25) is 0 Å². The number of hydrogen-bond donors (Lipinski definition) is 1. The van der Waals surface area contributed by atoms with Crippen molar-refractivity contribution in [2.45, 2.75) is 18.6 Å².